The Morgan fingerprint density at radius 2 is 2.22 bits per heavy atom. The summed E-state index contributed by atoms with van der Waals surface area (Å²) in [5, 5.41) is 11.7. The Morgan fingerprint density at radius 1 is 1.44 bits per heavy atom. The summed E-state index contributed by atoms with van der Waals surface area (Å²) in [6.07, 6.45) is 3.03. The number of carboxylic acids is 1. The van der Waals surface area contributed by atoms with Gasteiger partial charge in [0.2, 0.25) is 0 Å². The van der Waals surface area contributed by atoms with Crippen LogP contribution >= 0.6 is 0 Å². The fraction of sp³-hybridized carbons (Fsp3) is 0.0833. The summed E-state index contributed by atoms with van der Waals surface area (Å²) >= 11 is 0. The lowest BCUT2D eigenvalue weighted by Gasteiger charge is -2.06. The van der Waals surface area contributed by atoms with Crippen LogP contribution in [0.15, 0.2) is 41.5 Å². The van der Waals surface area contributed by atoms with Crippen LogP contribution in [0.4, 0.5) is 11.5 Å². The van der Waals surface area contributed by atoms with Gasteiger partial charge in [-0.3, -0.25) is 4.79 Å². The fourth-order valence-corrected chi connectivity index (χ4v) is 1.45. The Labute approximate surface area is 103 Å². The first-order valence-electron chi connectivity index (χ1n) is 5.20. The summed E-state index contributed by atoms with van der Waals surface area (Å²) in [7, 11) is 1.61. The van der Waals surface area contributed by atoms with Crippen LogP contribution in [0.1, 0.15) is 10.4 Å². The normalized spacial score (nSPS) is 10.1. The third-order valence-corrected chi connectivity index (χ3v) is 2.39. The molecule has 0 saturated heterocycles. The molecule has 2 rings (SSSR count). The molecule has 0 aliphatic rings. The lowest BCUT2D eigenvalue weighted by Crippen LogP contribution is -2.20. The van der Waals surface area contributed by atoms with Crippen LogP contribution in [-0.2, 0) is 7.05 Å². The number of carboxylic acid groups (broad SMARTS) is 1. The zero-order chi connectivity index (χ0) is 13.1. The zero-order valence-corrected chi connectivity index (χ0v) is 9.62. The molecule has 1 aromatic carbocycles. The van der Waals surface area contributed by atoms with Crippen molar-refractivity contribution in [3.05, 3.63) is 52.6 Å². The van der Waals surface area contributed by atoms with Crippen molar-refractivity contribution in [3.8, 4) is 0 Å². The van der Waals surface area contributed by atoms with E-state index in [9.17, 15) is 9.59 Å². The third kappa shape index (κ3) is 2.37. The van der Waals surface area contributed by atoms with Crippen molar-refractivity contribution in [1.82, 2.24) is 9.55 Å². The molecule has 0 bridgehead atoms. The summed E-state index contributed by atoms with van der Waals surface area (Å²) in [6, 6.07) is 6.18. The quantitative estimate of drug-likeness (QED) is 0.849. The predicted octanol–water partition coefficient (Wildman–Crippen LogP) is 1.22. The Kier molecular flexibility index (Phi) is 3.09. The van der Waals surface area contributed by atoms with E-state index in [4.69, 9.17) is 5.11 Å². The molecule has 1 aromatic heterocycles. The molecular weight excluding hydrogens is 234 g/mol. The molecule has 2 aromatic rings. The largest absolute Gasteiger partial charge is 0.478 e. The first kappa shape index (κ1) is 11.8. The summed E-state index contributed by atoms with van der Waals surface area (Å²) in [5.74, 6) is -0.866. The number of rotatable bonds is 3. The van der Waals surface area contributed by atoms with E-state index in [0.29, 0.717) is 5.69 Å². The predicted molar refractivity (Wildman–Crippen MR) is 66.2 cm³/mol. The van der Waals surface area contributed by atoms with Crippen LogP contribution in [-0.4, -0.2) is 20.6 Å². The van der Waals surface area contributed by atoms with E-state index in [1.54, 1.807) is 25.4 Å². The van der Waals surface area contributed by atoms with Gasteiger partial charge in [-0.05, 0) is 18.2 Å². The van der Waals surface area contributed by atoms with E-state index in [2.05, 4.69) is 10.3 Å². The number of nitrogens with zero attached hydrogens (tertiary/aromatic N) is 2. The van der Waals surface area contributed by atoms with Gasteiger partial charge in [0.15, 0.2) is 5.82 Å². The molecular formula is C12H11N3O3. The van der Waals surface area contributed by atoms with Crippen molar-refractivity contribution in [2.75, 3.05) is 5.32 Å². The smallest absolute Gasteiger partial charge is 0.335 e. The number of benzene rings is 1. The maximum atomic E-state index is 11.7. The van der Waals surface area contributed by atoms with Crippen molar-refractivity contribution in [2.24, 2.45) is 7.05 Å². The summed E-state index contributed by atoms with van der Waals surface area (Å²) in [5.41, 5.74) is 0.372. The van der Waals surface area contributed by atoms with E-state index in [1.165, 1.54) is 22.9 Å². The highest BCUT2D eigenvalue weighted by molar-refractivity contribution is 5.89. The molecule has 0 unspecified atom stereocenters. The van der Waals surface area contributed by atoms with Crippen LogP contribution in [0.5, 0.6) is 0 Å². The molecule has 0 saturated carbocycles. The van der Waals surface area contributed by atoms with Gasteiger partial charge in [0.05, 0.1) is 5.56 Å². The standard InChI is InChI=1S/C12H11N3O3/c1-15-6-5-13-10(11(15)16)14-9-4-2-3-8(7-9)12(17)18/h2-7H,1H3,(H,13,14)(H,17,18). The minimum Gasteiger partial charge on any atom is -0.478 e. The van der Waals surface area contributed by atoms with Crippen molar-refractivity contribution < 1.29 is 9.90 Å². The number of hydrogen-bond donors (Lipinski definition) is 2. The van der Waals surface area contributed by atoms with Gasteiger partial charge in [0, 0.05) is 25.1 Å². The molecule has 0 aliphatic carbocycles. The van der Waals surface area contributed by atoms with Gasteiger partial charge in [-0.15, -0.1) is 0 Å². The second kappa shape index (κ2) is 4.70. The Bertz CT molecular complexity index is 649. The molecule has 0 spiro atoms. The molecule has 92 valence electrons. The average molecular weight is 245 g/mol. The minimum atomic E-state index is -1.02. The highest BCUT2D eigenvalue weighted by atomic mass is 16.4. The fourth-order valence-electron chi connectivity index (χ4n) is 1.45. The van der Waals surface area contributed by atoms with Crippen LogP contribution in [0.25, 0.3) is 0 Å². The average Bonchev–Trinajstić information content (AvgIpc) is 2.35. The number of aromatic nitrogens is 2. The van der Waals surface area contributed by atoms with Crippen molar-refractivity contribution in [1.29, 1.82) is 0 Å². The number of aromatic carboxylic acids is 1. The Hall–Kier alpha value is -2.63. The van der Waals surface area contributed by atoms with Gasteiger partial charge in [-0.2, -0.15) is 0 Å². The van der Waals surface area contributed by atoms with Crippen LogP contribution in [0, 0.1) is 0 Å². The number of anilines is 2. The third-order valence-electron chi connectivity index (χ3n) is 2.39. The van der Waals surface area contributed by atoms with Gasteiger partial charge in [-0.1, -0.05) is 6.07 Å². The monoisotopic (exact) mass is 245 g/mol. The second-order valence-corrected chi connectivity index (χ2v) is 3.70. The van der Waals surface area contributed by atoms with Gasteiger partial charge in [-0.25, -0.2) is 9.78 Å². The molecule has 0 fully saturated rings. The molecule has 1 heterocycles. The van der Waals surface area contributed by atoms with Gasteiger partial charge in [0.25, 0.3) is 5.56 Å². The van der Waals surface area contributed by atoms with Gasteiger partial charge >= 0.3 is 5.97 Å². The van der Waals surface area contributed by atoms with Crippen LogP contribution < -0.4 is 10.9 Å². The van der Waals surface area contributed by atoms with Crippen molar-refractivity contribution in [3.63, 3.8) is 0 Å². The molecule has 2 N–H and O–H groups in total. The molecule has 0 amide bonds. The summed E-state index contributed by atoms with van der Waals surface area (Å²) in [4.78, 5) is 26.4. The maximum Gasteiger partial charge on any atom is 0.335 e. The first-order chi connectivity index (χ1) is 8.58. The zero-order valence-electron chi connectivity index (χ0n) is 9.62. The lowest BCUT2D eigenvalue weighted by atomic mass is 10.2. The van der Waals surface area contributed by atoms with E-state index in [0.717, 1.165) is 0 Å². The van der Waals surface area contributed by atoms with Crippen molar-refractivity contribution in [2.45, 2.75) is 0 Å². The van der Waals surface area contributed by atoms with Gasteiger partial charge in [0.1, 0.15) is 0 Å². The molecule has 6 nitrogen and oxygen atoms in total. The van der Waals surface area contributed by atoms with Gasteiger partial charge < -0.3 is 15.0 Å². The second-order valence-electron chi connectivity index (χ2n) is 3.70. The van der Waals surface area contributed by atoms with E-state index >= 15 is 0 Å². The molecule has 0 radical (unpaired) electrons. The van der Waals surface area contributed by atoms with Crippen LogP contribution in [0.2, 0.25) is 0 Å². The van der Waals surface area contributed by atoms with E-state index < -0.39 is 5.97 Å². The summed E-state index contributed by atoms with van der Waals surface area (Å²) < 4.78 is 1.39. The number of carbonyl (C=O) groups is 1. The molecule has 0 aliphatic heterocycles. The topological polar surface area (TPSA) is 84.2 Å². The SMILES string of the molecule is Cn1ccnc(Nc2cccc(C(=O)O)c2)c1=O. The molecule has 0 atom stereocenters. The highest BCUT2D eigenvalue weighted by Crippen LogP contribution is 2.13. The lowest BCUT2D eigenvalue weighted by molar-refractivity contribution is 0.0697. The maximum absolute atomic E-state index is 11.7. The Balaban J connectivity index is 2.34. The number of hydrogen-bond acceptors (Lipinski definition) is 4. The molecule has 18 heavy (non-hydrogen) atoms. The van der Waals surface area contributed by atoms with E-state index in [-0.39, 0.29) is 16.9 Å². The van der Waals surface area contributed by atoms with Crippen LogP contribution in [0.3, 0.4) is 0 Å². The Morgan fingerprint density at radius 3 is 2.94 bits per heavy atom. The number of aryl methyl sites for hydroxylation is 1. The summed E-state index contributed by atoms with van der Waals surface area (Å²) in [6.45, 7) is 0. The van der Waals surface area contributed by atoms with E-state index in [1.807, 2.05) is 0 Å². The van der Waals surface area contributed by atoms with Crippen molar-refractivity contribution >= 4 is 17.5 Å². The first-order valence-corrected chi connectivity index (χ1v) is 5.20. The highest BCUT2D eigenvalue weighted by Gasteiger charge is 2.06. The minimum absolute atomic E-state index is 0.146. The molecule has 6 heteroatoms. The number of nitrogens with one attached hydrogen (secondary N) is 1.